The van der Waals surface area contributed by atoms with Crippen molar-refractivity contribution in [1.82, 2.24) is 6.15 Å². The Balaban J connectivity index is -0.0000000133. The maximum Gasteiger partial charge on any atom is 2.00 e. The molecule has 0 fully saturated rings. The van der Waals surface area contributed by atoms with Crippen LogP contribution in [0.25, 0.3) is 0 Å². The van der Waals surface area contributed by atoms with Crippen molar-refractivity contribution in [3.05, 3.63) is 0 Å². The first-order chi connectivity index (χ1) is 2.00. The summed E-state index contributed by atoms with van der Waals surface area (Å²) in [6, 6.07) is 0. The van der Waals surface area contributed by atoms with E-state index in [4.69, 9.17) is 19.2 Å². The molecule has 0 amide bonds. The van der Waals surface area contributed by atoms with Crippen LogP contribution in [0.3, 0.4) is 0 Å². The first-order valence-electron chi connectivity index (χ1n) is 0.894. The van der Waals surface area contributed by atoms with E-state index < -0.39 is 9.05 Å². The Labute approximate surface area is 74.6 Å². The van der Waals surface area contributed by atoms with Gasteiger partial charge in [0.05, 0.1) is 0 Å². The second-order valence-electron chi connectivity index (χ2n) is 0.600. The molecule has 0 unspecified atom stereocenters. The van der Waals surface area contributed by atoms with E-state index in [9.17, 15) is 0 Å². The molecule has 44 valence electrons. The van der Waals surface area contributed by atoms with Crippen LogP contribution in [0.5, 0.6) is 0 Å². The average molecular weight is 155 g/mol. The first-order valence-corrected chi connectivity index (χ1v) is 2.68. The van der Waals surface area contributed by atoms with Crippen LogP contribution in [0.1, 0.15) is 2.85 Å². The summed E-state index contributed by atoms with van der Waals surface area (Å²) in [4.78, 5) is 29.3. The Bertz CT molecular complexity index is 34.0. The third kappa shape index (κ3) is 124. The molecule has 7 heavy (non-hydrogen) atoms. The molecule has 0 saturated carbocycles. The van der Waals surface area contributed by atoms with Gasteiger partial charge < -0.3 is 28.2 Å². The molecule has 7 N–H and O–H groups in total. The molecule has 7 heteroatoms. The minimum absolute atomic E-state index is 0. The zero-order valence-corrected chi connectivity index (χ0v) is 6.91. The largest absolute Gasteiger partial charge is 2.00 e. The number of hydrogen-bond donors (Lipinski definition) is 5. The summed E-state index contributed by atoms with van der Waals surface area (Å²) in [7, 11) is -4.61. The van der Waals surface area contributed by atoms with Crippen molar-refractivity contribution in [1.29, 1.82) is 0 Å². The second kappa shape index (κ2) is 5.41. The van der Waals surface area contributed by atoms with Crippen LogP contribution in [-0.4, -0.2) is 66.0 Å². The van der Waals surface area contributed by atoms with E-state index in [0.29, 0.717) is 0 Å². The van der Waals surface area contributed by atoms with Gasteiger partial charge in [-0.15, -0.1) is 0 Å². The molecular weight excluding hydrogens is 146 g/mol. The summed E-state index contributed by atoms with van der Waals surface area (Å²) in [5.74, 6) is 0. The Morgan fingerprint density at radius 2 is 1.00 bits per heavy atom. The van der Waals surface area contributed by atoms with Gasteiger partial charge in [-0.3, -0.25) is 0 Å². The van der Waals surface area contributed by atoms with E-state index in [2.05, 4.69) is 0 Å². The molecule has 5 nitrogen and oxygen atoms in total. The fourth-order valence-corrected chi connectivity index (χ4v) is 0. The normalized spacial score (nSPS) is 8.57. The first kappa shape index (κ1) is 15.7. The van der Waals surface area contributed by atoms with Crippen molar-refractivity contribution in [3.8, 4) is 0 Å². The maximum absolute atomic E-state index is 7.33. The molecule has 0 aromatic carbocycles. The predicted octanol–water partition coefficient (Wildman–Crippen LogP) is -2.60. The Kier molecular flexibility index (Phi) is 12.2. The summed E-state index contributed by atoms with van der Waals surface area (Å²) in [6.07, 6.45) is 0. The van der Waals surface area contributed by atoms with Crippen molar-refractivity contribution in [2.45, 2.75) is 0 Å². The van der Waals surface area contributed by atoms with Crippen LogP contribution in [0, 0.1) is 0 Å². The van der Waals surface area contributed by atoms with Crippen molar-refractivity contribution in [2.75, 3.05) is 0 Å². The number of rotatable bonds is 0. The van der Waals surface area contributed by atoms with Crippen LogP contribution < -0.4 is 6.15 Å². The van der Waals surface area contributed by atoms with Gasteiger partial charge in [0.25, 0.3) is 0 Å². The minimum Gasteiger partial charge on any atom is -1.00 e. The quantitative estimate of drug-likeness (QED) is 0.246. The topological polar surface area (TPSA) is 116 Å². The van der Waals surface area contributed by atoms with Gasteiger partial charge in [0.1, 0.15) is 0 Å². The minimum atomic E-state index is -4.61. The monoisotopic (exact) mass is 155 g/mol. The van der Waals surface area contributed by atoms with Crippen molar-refractivity contribution in [3.63, 3.8) is 0 Å². The Morgan fingerprint density at radius 1 is 1.00 bits per heavy atom. The predicted molar refractivity (Wildman–Crippen MR) is 27.6 cm³/mol. The number of hydrogen-bond acceptors (Lipinski definition) is 5. The molecule has 0 bridgehead atoms. The van der Waals surface area contributed by atoms with Gasteiger partial charge in [-0.2, -0.15) is 0 Å². The van der Waals surface area contributed by atoms with Crippen LogP contribution in [0.15, 0.2) is 0 Å². The summed E-state index contributed by atoms with van der Waals surface area (Å²) < 4.78 is 0. The van der Waals surface area contributed by atoms with Crippen LogP contribution in [0.2, 0.25) is 0 Å². The SMILES string of the molecule is N.O[Si](O)(O)O.[Ca+2].[H-].[H-]. The van der Waals surface area contributed by atoms with Crippen LogP contribution in [0.4, 0.5) is 0 Å². The van der Waals surface area contributed by atoms with E-state index in [0.717, 1.165) is 0 Å². The van der Waals surface area contributed by atoms with Crippen molar-refractivity contribution in [2.24, 2.45) is 0 Å². The summed E-state index contributed by atoms with van der Waals surface area (Å²) >= 11 is 0. The van der Waals surface area contributed by atoms with E-state index in [1.807, 2.05) is 0 Å². The van der Waals surface area contributed by atoms with Crippen LogP contribution >= 0.6 is 0 Å². The maximum atomic E-state index is 7.33. The van der Waals surface area contributed by atoms with Gasteiger partial charge in [-0.05, 0) is 0 Å². The molecule has 0 spiro atoms. The van der Waals surface area contributed by atoms with E-state index in [1.54, 1.807) is 0 Å². The average Bonchev–Trinajstić information content (AvgIpc) is 0.722. The van der Waals surface area contributed by atoms with E-state index >= 15 is 0 Å². The summed E-state index contributed by atoms with van der Waals surface area (Å²) in [5, 5.41) is 0. The molecule has 0 aromatic rings. The van der Waals surface area contributed by atoms with Gasteiger partial charge in [0.15, 0.2) is 0 Å². The van der Waals surface area contributed by atoms with Crippen molar-refractivity contribution >= 4 is 46.8 Å². The molecule has 0 heterocycles. The molecule has 0 saturated heterocycles. The molecule has 0 radical (unpaired) electrons. The van der Waals surface area contributed by atoms with Crippen LogP contribution in [-0.2, 0) is 0 Å². The third-order valence-corrected chi connectivity index (χ3v) is 0. The zero-order chi connectivity index (χ0) is 4.50. The molecule has 0 aromatic heterocycles. The van der Waals surface area contributed by atoms with E-state index in [1.165, 1.54) is 0 Å². The standard InChI is InChI=1S/Ca.H3N.H4O4Si.2H/c;;1-5(2,3)4;;/h;1H3;1-4H;;/q+2;;;2*-1. The van der Waals surface area contributed by atoms with Crippen molar-refractivity contribution < 1.29 is 22.0 Å². The fraction of sp³-hybridized carbons (Fsp3) is 0. The van der Waals surface area contributed by atoms with Gasteiger partial charge in [0.2, 0.25) is 0 Å². The van der Waals surface area contributed by atoms with Gasteiger partial charge in [-0.1, -0.05) is 0 Å². The molecule has 0 aliphatic rings. The Hall–Kier alpha value is 1.28. The molecule has 0 aliphatic carbocycles. The molecular formula is H9CaNO4Si. The molecule has 0 atom stereocenters. The van der Waals surface area contributed by atoms with E-state index in [-0.39, 0.29) is 46.7 Å². The third-order valence-electron chi connectivity index (χ3n) is 0. The Morgan fingerprint density at radius 3 is 1.00 bits per heavy atom. The van der Waals surface area contributed by atoms with Gasteiger partial charge in [-0.25, -0.2) is 0 Å². The summed E-state index contributed by atoms with van der Waals surface area (Å²) in [6.45, 7) is 0. The van der Waals surface area contributed by atoms with Gasteiger partial charge >= 0.3 is 46.8 Å². The van der Waals surface area contributed by atoms with Gasteiger partial charge in [0, 0.05) is 0 Å². The molecule has 0 aliphatic heterocycles. The molecule has 0 rings (SSSR count). The zero-order valence-electron chi connectivity index (χ0n) is 5.70. The second-order valence-corrected chi connectivity index (χ2v) is 1.80. The smallest absolute Gasteiger partial charge is 1.00 e. The fourth-order valence-electron chi connectivity index (χ4n) is 0. The summed E-state index contributed by atoms with van der Waals surface area (Å²) in [5.41, 5.74) is 0.